The normalized spacial score (nSPS) is 13.2. The Bertz CT molecular complexity index is 763. The Morgan fingerprint density at radius 3 is 2.70 bits per heavy atom. The first-order valence-corrected chi connectivity index (χ1v) is 9.70. The van der Waals surface area contributed by atoms with E-state index in [4.69, 9.17) is 4.74 Å². The summed E-state index contributed by atoms with van der Waals surface area (Å²) in [6, 6.07) is 15.1. The molecule has 0 aromatic heterocycles. The second-order valence-corrected chi connectivity index (χ2v) is 7.28. The van der Waals surface area contributed by atoms with E-state index in [9.17, 15) is 4.79 Å². The maximum absolute atomic E-state index is 12.3. The smallest absolute Gasteiger partial charge is 0.229 e. The minimum atomic E-state index is -0.545. The highest BCUT2D eigenvalue weighted by molar-refractivity contribution is 5.86. The van der Waals surface area contributed by atoms with Crippen molar-refractivity contribution in [3.8, 4) is 0 Å². The summed E-state index contributed by atoms with van der Waals surface area (Å²) in [4.78, 5) is 12.3. The van der Waals surface area contributed by atoms with Crippen LogP contribution in [0, 0.1) is 5.41 Å². The zero-order valence-electron chi connectivity index (χ0n) is 16.9. The van der Waals surface area contributed by atoms with Crippen molar-refractivity contribution in [3.63, 3.8) is 0 Å². The van der Waals surface area contributed by atoms with Crippen molar-refractivity contribution in [2.75, 3.05) is 26.3 Å². The highest BCUT2D eigenvalue weighted by atomic mass is 16.5. The molecule has 0 aliphatic carbocycles. The van der Waals surface area contributed by atoms with E-state index in [0.29, 0.717) is 26.3 Å². The summed E-state index contributed by atoms with van der Waals surface area (Å²) in [5, 5.41) is 8.97. The van der Waals surface area contributed by atoms with Gasteiger partial charge in [-0.05, 0) is 44.0 Å². The number of fused-ring (bicyclic) bond motifs is 1. The van der Waals surface area contributed by atoms with E-state index >= 15 is 0 Å². The van der Waals surface area contributed by atoms with Gasteiger partial charge in [-0.15, -0.1) is 0 Å². The van der Waals surface area contributed by atoms with Crippen LogP contribution in [-0.2, 0) is 9.53 Å². The van der Waals surface area contributed by atoms with Crippen molar-refractivity contribution < 1.29 is 9.53 Å². The summed E-state index contributed by atoms with van der Waals surface area (Å²) in [6.07, 6.45) is 4.00. The number of hydrogen-bond donors (Lipinski definition) is 2. The molecule has 0 heterocycles. The Morgan fingerprint density at radius 1 is 1.19 bits per heavy atom. The second kappa shape index (κ2) is 10.2. The highest BCUT2D eigenvalue weighted by Crippen LogP contribution is 2.24. The molecule has 4 nitrogen and oxygen atoms in total. The van der Waals surface area contributed by atoms with E-state index in [2.05, 4.69) is 60.0 Å². The lowest BCUT2D eigenvalue weighted by atomic mass is 9.91. The third-order valence-electron chi connectivity index (χ3n) is 4.69. The Morgan fingerprint density at radius 2 is 1.93 bits per heavy atom. The number of nitrogens with one attached hydrogen (secondary N) is 2. The molecule has 0 saturated carbocycles. The molecule has 27 heavy (non-hydrogen) atoms. The van der Waals surface area contributed by atoms with Crippen molar-refractivity contribution >= 4 is 16.7 Å². The summed E-state index contributed by atoms with van der Waals surface area (Å²) < 4.78 is 5.25. The fourth-order valence-electron chi connectivity index (χ4n) is 3.02. The van der Waals surface area contributed by atoms with Gasteiger partial charge < -0.3 is 15.4 Å². The zero-order valence-corrected chi connectivity index (χ0v) is 16.9. The average Bonchev–Trinajstić information content (AvgIpc) is 2.67. The van der Waals surface area contributed by atoms with Crippen LogP contribution in [-0.4, -0.2) is 32.2 Å². The molecule has 4 heteroatoms. The van der Waals surface area contributed by atoms with E-state index in [1.165, 1.54) is 16.3 Å². The van der Waals surface area contributed by atoms with Crippen LogP contribution in [0.15, 0.2) is 54.6 Å². The number of carbonyl (C=O) groups is 1. The molecule has 0 aliphatic heterocycles. The van der Waals surface area contributed by atoms with Crippen LogP contribution in [0.3, 0.4) is 0 Å². The summed E-state index contributed by atoms with van der Waals surface area (Å²) in [5.74, 6) is 0.0144. The van der Waals surface area contributed by atoms with E-state index in [0.717, 1.165) is 0 Å². The molecule has 0 bridgehead atoms. The summed E-state index contributed by atoms with van der Waals surface area (Å²) >= 11 is 0. The van der Waals surface area contributed by atoms with Crippen LogP contribution in [0.1, 0.15) is 39.3 Å². The molecule has 0 saturated heterocycles. The van der Waals surface area contributed by atoms with Crippen molar-refractivity contribution in [2.24, 2.45) is 5.41 Å². The molecule has 1 amide bonds. The van der Waals surface area contributed by atoms with Crippen LogP contribution in [0.25, 0.3) is 10.8 Å². The fraction of sp³-hybridized carbons (Fsp3) is 0.435. The minimum absolute atomic E-state index is 0.0144. The Hall–Kier alpha value is -2.17. The van der Waals surface area contributed by atoms with Gasteiger partial charge in [-0.3, -0.25) is 4.79 Å². The van der Waals surface area contributed by atoms with Crippen LogP contribution < -0.4 is 10.6 Å². The lowest BCUT2D eigenvalue weighted by Gasteiger charge is -2.20. The van der Waals surface area contributed by atoms with Crippen LogP contribution in [0.4, 0.5) is 0 Å². The molecular formula is C23H32N2O2. The van der Waals surface area contributed by atoms with Gasteiger partial charge in [-0.25, -0.2) is 0 Å². The predicted octanol–water partition coefficient (Wildman–Crippen LogP) is 4.23. The molecule has 0 spiro atoms. The average molecular weight is 369 g/mol. The standard InChI is InChI=1S/C23H32N2O2/c1-5-27-17-16-25-22(26)23(3,4)14-9-15-24-18(2)20-13-8-11-19-10-6-7-12-21(19)20/h6-14,18,24H,5,15-17H2,1-4H3,(H,25,26)/b14-9+/t18-/m1/s1. The van der Waals surface area contributed by atoms with Crippen LogP contribution in [0.2, 0.25) is 0 Å². The molecule has 2 rings (SSSR count). The van der Waals surface area contributed by atoms with Crippen LogP contribution in [0.5, 0.6) is 0 Å². The highest BCUT2D eigenvalue weighted by Gasteiger charge is 2.23. The van der Waals surface area contributed by atoms with Gasteiger partial charge in [0.2, 0.25) is 5.91 Å². The molecule has 146 valence electrons. The minimum Gasteiger partial charge on any atom is -0.380 e. The van der Waals surface area contributed by atoms with E-state index in [1.54, 1.807) is 0 Å². The molecule has 2 aromatic carbocycles. The van der Waals surface area contributed by atoms with Crippen molar-refractivity contribution in [1.29, 1.82) is 0 Å². The van der Waals surface area contributed by atoms with Gasteiger partial charge in [0.25, 0.3) is 0 Å². The maximum Gasteiger partial charge on any atom is 0.229 e. The van der Waals surface area contributed by atoms with Gasteiger partial charge in [0.1, 0.15) is 0 Å². The maximum atomic E-state index is 12.3. The number of amides is 1. The van der Waals surface area contributed by atoms with E-state index < -0.39 is 5.41 Å². The number of benzene rings is 2. The number of rotatable bonds is 10. The summed E-state index contributed by atoms with van der Waals surface area (Å²) in [7, 11) is 0. The first-order chi connectivity index (χ1) is 13.0. The quantitative estimate of drug-likeness (QED) is 0.487. The predicted molar refractivity (Wildman–Crippen MR) is 113 cm³/mol. The van der Waals surface area contributed by atoms with Crippen molar-refractivity contribution in [3.05, 3.63) is 60.2 Å². The molecule has 1 atom stereocenters. The first kappa shape index (κ1) is 21.1. The third kappa shape index (κ3) is 6.19. The monoisotopic (exact) mass is 368 g/mol. The van der Waals surface area contributed by atoms with E-state index in [1.807, 2.05) is 32.9 Å². The van der Waals surface area contributed by atoms with Crippen molar-refractivity contribution in [2.45, 2.75) is 33.7 Å². The lowest BCUT2D eigenvalue weighted by molar-refractivity contribution is -0.127. The van der Waals surface area contributed by atoms with Gasteiger partial charge in [0.15, 0.2) is 0 Å². The lowest BCUT2D eigenvalue weighted by Crippen LogP contribution is -2.37. The Balaban J connectivity index is 1.87. The van der Waals surface area contributed by atoms with Gasteiger partial charge in [-0.2, -0.15) is 0 Å². The number of hydrogen-bond acceptors (Lipinski definition) is 3. The topological polar surface area (TPSA) is 50.4 Å². The second-order valence-electron chi connectivity index (χ2n) is 7.28. The number of ether oxygens (including phenoxy) is 1. The van der Waals surface area contributed by atoms with Gasteiger partial charge in [-0.1, -0.05) is 54.6 Å². The molecular weight excluding hydrogens is 336 g/mol. The zero-order chi connectivity index (χ0) is 19.7. The third-order valence-corrected chi connectivity index (χ3v) is 4.69. The van der Waals surface area contributed by atoms with E-state index in [-0.39, 0.29) is 11.9 Å². The summed E-state index contributed by atoms with van der Waals surface area (Å²) in [6.45, 7) is 10.4. The van der Waals surface area contributed by atoms with Crippen LogP contribution >= 0.6 is 0 Å². The summed E-state index contributed by atoms with van der Waals surface area (Å²) in [5.41, 5.74) is 0.741. The number of carbonyl (C=O) groups excluding carboxylic acids is 1. The van der Waals surface area contributed by atoms with Gasteiger partial charge >= 0.3 is 0 Å². The SMILES string of the molecule is CCOCCNC(=O)C(C)(C)/C=C/CN[C@H](C)c1cccc2ccccc12. The van der Waals surface area contributed by atoms with Gasteiger partial charge in [0, 0.05) is 25.7 Å². The Labute approximate surface area is 163 Å². The fourth-order valence-corrected chi connectivity index (χ4v) is 3.02. The Kier molecular flexibility index (Phi) is 8.01. The first-order valence-electron chi connectivity index (χ1n) is 9.70. The molecule has 0 fully saturated rings. The molecule has 0 unspecified atom stereocenters. The molecule has 0 radical (unpaired) electrons. The molecule has 2 aromatic rings. The van der Waals surface area contributed by atoms with Crippen molar-refractivity contribution in [1.82, 2.24) is 10.6 Å². The molecule has 0 aliphatic rings. The van der Waals surface area contributed by atoms with Gasteiger partial charge in [0.05, 0.1) is 12.0 Å². The largest absolute Gasteiger partial charge is 0.380 e. The molecule has 2 N–H and O–H groups in total.